The van der Waals surface area contributed by atoms with Crippen LogP contribution in [0, 0.1) is 16.7 Å². The van der Waals surface area contributed by atoms with E-state index in [1.54, 1.807) is 23.1 Å². The van der Waals surface area contributed by atoms with E-state index in [0.717, 1.165) is 32.4 Å². The smallest absolute Gasteiger partial charge is 0.151 e. The second kappa shape index (κ2) is 5.17. The largest absolute Gasteiger partial charge is 0.399 e. The first-order valence-electron chi connectivity index (χ1n) is 5.70. The Labute approximate surface area is 115 Å². The van der Waals surface area contributed by atoms with Gasteiger partial charge in [-0.3, -0.25) is 0 Å². The summed E-state index contributed by atoms with van der Waals surface area (Å²) in [5.74, 6) is 0.913. The quantitative estimate of drug-likeness (QED) is 0.680. The summed E-state index contributed by atoms with van der Waals surface area (Å²) in [6, 6.07) is 8.09. The van der Waals surface area contributed by atoms with Gasteiger partial charge >= 0.3 is 0 Å². The molecule has 1 aromatic carbocycles. The molecule has 94 valence electrons. The van der Waals surface area contributed by atoms with Gasteiger partial charge in [0.15, 0.2) is 4.34 Å². The molecule has 2 N–H and O–H groups in total. The first kappa shape index (κ1) is 13.2. The van der Waals surface area contributed by atoms with E-state index in [-0.39, 0.29) is 5.41 Å². The Balaban J connectivity index is 2.03. The molecule has 18 heavy (non-hydrogen) atoms. The van der Waals surface area contributed by atoms with Gasteiger partial charge in [0, 0.05) is 11.4 Å². The van der Waals surface area contributed by atoms with Crippen LogP contribution in [0.1, 0.15) is 20.3 Å². The summed E-state index contributed by atoms with van der Waals surface area (Å²) in [5.41, 5.74) is 7.26. The molecule has 0 aliphatic rings. The van der Waals surface area contributed by atoms with Crippen molar-refractivity contribution in [2.24, 2.45) is 5.41 Å². The van der Waals surface area contributed by atoms with Crippen LogP contribution in [-0.2, 0) is 0 Å². The standard InChI is InChI=1S/C13H15N3S2/c1-13(2,8-14)5-6-17-12-16-10-4-3-9(15)7-11(10)18-12/h3-4,7H,5-6,15H2,1-2H3. The van der Waals surface area contributed by atoms with Crippen LogP contribution in [0.2, 0.25) is 0 Å². The molecule has 0 aliphatic carbocycles. The van der Waals surface area contributed by atoms with Crippen molar-refractivity contribution in [1.82, 2.24) is 4.98 Å². The van der Waals surface area contributed by atoms with E-state index >= 15 is 0 Å². The third kappa shape index (κ3) is 3.15. The fourth-order valence-electron chi connectivity index (χ4n) is 1.43. The van der Waals surface area contributed by atoms with Gasteiger partial charge in [0.1, 0.15) is 0 Å². The van der Waals surface area contributed by atoms with Crippen molar-refractivity contribution in [1.29, 1.82) is 5.26 Å². The molecule has 2 rings (SSSR count). The maximum atomic E-state index is 8.95. The van der Waals surface area contributed by atoms with Crippen LogP contribution in [0.3, 0.4) is 0 Å². The molecule has 0 unspecified atom stereocenters. The average molecular weight is 277 g/mol. The van der Waals surface area contributed by atoms with Gasteiger partial charge in [0.2, 0.25) is 0 Å². The summed E-state index contributed by atoms with van der Waals surface area (Å²) in [6.07, 6.45) is 0.867. The fourth-order valence-corrected chi connectivity index (χ4v) is 3.88. The molecule has 1 heterocycles. The van der Waals surface area contributed by atoms with E-state index in [9.17, 15) is 0 Å². The first-order valence-corrected chi connectivity index (χ1v) is 7.50. The molecule has 0 bridgehead atoms. The van der Waals surface area contributed by atoms with Crippen molar-refractivity contribution in [2.75, 3.05) is 11.5 Å². The molecule has 0 fully saturated rings. The number of anilines is 1. The van der Waals surface area contributed by atoms with Gasteiger partial charge in [0.05, 0.1) is 21.7 Å². The Kier molecular flexibility index (Phi) is 3.79. The van der Waals surface area contributed by atoms with Crippen LogP contribution < -0.4 is 5.73 Å². The highest BCUT2D eigenvalue weighted by molar-refractivity contribution is 8.01. The van der Waals surface area contributed by atoms with Crippen LogP contribution in [0.5, 0.6) is 0 Å². The number of nitrogen functional groups attached to an aromatic ring is 1. The van der Waals surface area contributed by atoms with Crippen molar-refractivity contribution >= 4 is 39.0 Å². The number of nitrogens with zero attached hydrogens (tertiary/aromatic N) is 2. The van der Waals surface area contributed by atoms with E-state index in [4.69, 9.17) is 11.0 Å². The number of benzene rings is 1. The van der Waals surface area contributed by atoms with E-state index in [2.05, 4.69) is 11.1 Å². The summed E-state index contributed by atoms with van der Waals surface area (Å²) in [6.45, 7) is 3.93. The first-order chi connectivity index (χ1) is 8.50. The second-order valence-electron chi connectivity index (χ2n) is 4.80. The van der Waals surface area contributed by atoms with E-state index < -0.39 is 0 Å². The van der Waals surface area contributed by atoms with E-state index in [0.29, 0.717) is 0 Å². The number of rotatable bonds is 4. The predicted molar refractivity (Wildman–Crippen MR) is 78.8 cm³/mol. The van der Waals surface area contributed by atoms with Crippen LogP contribution in [0.4, 0.5) is 5.69 Å². The van der Waals surface area contributed by atoms with Crippen molar-refractivity contribution in [3.63, 3.8) is 0 Å². The fraction of sp³-hybridized carbons (Fsp3) is 0.385. The Morgan fingerprint density at radius 3 is 3.00 bits per heavy atom. The SMILES string of the molecule is CC(C)(C#N)CCSc1nc2ccc(N)cc2s1. The number of thioether (sulfide) groups is 1. The van der Waals surface area contributed by atoms with E-state index in [1.807, 2.05) is 32.0 Å². The molecular formula is C13H15N3S2. The Morgan fingerprint density at radius 2 is 2.28 bits per heavy atom. The molecule has 0 atom stereocenters. The highest BCUT2D eigenvalue weighted by Gasteiger charge is 2.16. The second-order valence-corrected chi connectivity index (χ2v) is 7.17. The van der Waals surface area contributed by atoms with Gasteiger partial charge in [-0.2, -0.15) is 5.26 Å². The molecule has 0 amide bonds. The zero-order valence-corrected chi connectivity index (χ0v) is 12.1. The topological polar surface area (TPSA) is 62.7 Å². The van der Waals surface area contributed by atoms with Gasteiger partial charge in [0.25, 0.3) is 0 Å². The summed E-state index contributed by atoms with van der Waals surface area (Å²) in [4.78, 5) is 4.54. The van der Waals surface area contributed by atoms with Crippen molar-refractivity contribution in [3.8, 4) is 6.07 Å². The van der Waals surface area contributed by atoms with Gasteiger partial charge in [-0.15, -0.1) is 11.3 Å². The van der Waals surface area contributed by atoms with Gasteiger partial charge in [-0.25, -0.2) is 4.98 Å². The lowest BCUT2D eigenvalue weighted by Gasteiger charge is -2.13. The van der Waals surface area contributed by atoms with Crippen molar-refractivity contribution < 1.29 is 0 Å². The highest BCUT2D eigenvalue weighted by Crippen LogP contribution is 2.32. The minimum absolute atomic E-state index is 0.256. The molecule has 3 nitrogen and oxygen atoms in total. The maximum Gasteiger partial charge on any atom is 0.151 e. The Hall–Kier alpha value is -1.25. The van der Waals surface area contributed by atoms with Crippen LogP contribution in [0.15, 0.2) is 22.5 Å². The number of hydrogen-bond acceptors (Lipinski definition) is 5. The number of nitrogens with two attached hydrogens (primary N) is 1. The van der Waals surface area contributed by atoms with Crippen molar-refractivity contribution in [2.45, 2.75) is 24.6 Å². The monoisotopic (exact) mass is 277 g/mol. The molecule has 0 aliphatic heterocycles. The van der Waals surface area contributed by atoms with Crippen molar-refractivity contribution in [3.05, 3.63) is 18.2 Å². The molecule has 2 aromatic rings. The minimum Gasteiger partial charge on any atom is -0.399 e. The molecule has 0 spiro atoms. The lowest BCUT2D eigenvalue weighted by Crippen LogP contribution is -2.08. The lowest BCUT2D eigenvalue weighted by atomic mass is 9.93. The molecule has 0 saturated carbocycles. The summed E-state index contributed by atoms with van der Waals surface area (Å²) in [5, 5.41) is 8.95. The summed E-state index contributed by atoms with van der Waals surface area (Å²) < 4.78 is 2.17. The summed E-state index contributed by atoms with van der Waals surface area (Å²) in [7, 11) is 0. The van der Waals surface area contributed by atoms with Gasteiger partial charge in [-0.05, 0) is 38.5 Å². The number of thiazole rings is 1. The molecule has 0 saturated heterocycles. The minimum atomic E-state index is -0.256. The highest BCUT2D eigenvalue weighted by atomic mass is 32.2. The Morgan fingerprint density at radius 1 is 1.50 bits per heavy atom. The number of hydrogen-bond donors (Lipinski definition) is 1. The third-order valence-electron chi connectivity index (χ3n) is 2.65. The van der Waals surface area contributed by atoms with Crippen LogP contribution >= 0.6 is 23.1 Å². The Bertz CT molecular complexity index is 596. The maximum absolute atomic E-state index is 8.95. The molecule has 0 radical (unpaired) electrons. The third-order valence-corrected chi connectivity index (χ3v) is 4.81. The number of aromatic nitrogens is 1. The van der Waals surface area contributed by atoms with Gasteiger partial charge < -0.3 is 5.73 Å². The van der Waals surface area contributed by atoms with E-state index in [1.165, 1.54) is 0 Å². The predicted octanol–water partition coefficient (Wildman–Crippen LogP) is 3.91. The molecule has 5 heteroatoms. The number of nitriles is 1. The zero-order valence-electron chi connectivity index (χ0n) is 10.4. The zero-order chi connectivity index (χ0) is 13.2. The average Bonchev–Trinajstić information content (AvgIpc) is 2.70. The van der Waals surface area contributed by atoms with Gasteiger partial charge in [-0.1, -0.05) is 11.8 Å². The normalized spacial score (nSPS) is 11.6. The molecule has 1 aromatic heterocycles. The van der Waals surface area contributed by atoms with Crippen LogP contribution in [0.25, 0.3) is 10.2 Å². The lowest BCUT2D eigenvalue weighted by molar-refractivity contribution is 0.482. The van der Waals surface area contributed by atoms with Crippen LogP contribution in [-0.4, -0.2) is 10.7 Å². The molecular weight excluding hydrogens is 262 g/mol. The number of fused-ring (bicyclic) bond motifs is 1. The summed E-state index contributed by atoms with van der Waals surface area (Å²) >= 11 is 3.37.